The maximum atomic E-state index is 12.5. The zero-order chi connectivity index (χ0) is 17.6. The van der Waals surface area contributed by atoms with Gasteiger partial charge in [-0.05, 0) is 36.6 Å². The topological polar surface area (TPSA) is 40.6 Å². The highest BCUT2D eigenvalue weighted by Crippen LogP contribution is 2.27. The number of carbonyl (C=O) groups is 2. The number of rotatable bonds is 4. The zero-order valence-corrected chi connectivity index (χ0v) is 16.3. The Hall–Kier alpha value is -1.36. The molecule has 0 aromatic heterocycles. The van der Waals surface area contributed by atoms with Gasteiger partial charge in [0.1, 0.15) is 0 Å². The molecule has 0 spiro atoms. The van der Waals surface area contributed by atoms with Crippen LogP contribution in [0.25, 0.3) is 0 Å². The first-order chi connectivity index (χ1) is 12.1. The zero-order valence-electron chi connectivity index (χ0n) is 14.8. The normalized spacial score (nSPS) is 19.1. The van der Waals surface area contributed by atoms with Gasteiger partial charge in [-0.1, -0.05) is 48.0 Å². The van der Waals surface area contributed by atoms with Crippen molar-refractivity contribution < 1.29 is 9.59 Å². The van der Waals surface area contributed by atoms with Crippen molar-refractivity contribution in [2.75, 3.05) is 26.2 Å². The fraction of sp³-hybridized carbons (Fsp3) is 0.600. The standard InChI is InChI=1S/C20H27BrN2O2/c21-18-9-7-17(8-10-18)20(25)23-14-12-22(13-15-23)19(24)11-6-16-4-2-1-3-5-16/h7-10,16H,1-6,11-15H2. The largest absolute Gasteiger partial charge is 0.339 e. The SMILES string of the molecule is O=C(CCC1CCCCC1)N1CCN(C(=O)c2ccc(Br)cc2)CC1. The third-order valence-corrected chi connectivity index (χ3v) is 6.03. The van der Waals surface area contributed by atoms with Crippen molar-refractivity contribution in [2.24, 2.45) is 5.92 Å². The van der Waals surface area contributed by atoms with Crippen molar-refractivity contribution in [1.29, 1.82) is 0 Å². The third kappa shape index (κ3) is 5.06. The van der Waals surface area contributed by atoms with Crippen LogP contribution in [0.1, 0.15) is 55.3 Å². The van der Waals surface area contributed by atoms with Crippen LogP contribution in [-0.4, -0.2) is 47.8 Å². The summed E-state index contributed by atoms with van der Waals surface area (Å²) in [6.45, 7) is 2.58. The van der Waals surface area contributed by atoms with Crippen molar-refractivity contribution in [1.82, 2.24) is 9.80 Å². The molecule has 1 aliphatic carbocycles. The summed E-state index contributed by atoms with van der Waals surface area (Å²) in [5.74, 6) is 1.07. The maximum Gasteiger partial charge on any atom is 0.253 e. The van der Waals surface area contributed by atoms with Crippen LogP contribution < -0.4 is 0 Å². The molecule has 2 aliphatic rings. The van der Waals surface area contributed by atoms with Crippen LogP contribution in [-0.2, 0) is 4.79 Å². The Bertz CT molecular complexity index is 588. The number of nitrogens with zero attached hydrogens (tertiary/aromatic N) is 2. The molecule has 4 nitrogen and oxygen atoms in total. The lowest BCUT2D eigenvalue weighted by Gasteiger charge is -2.35. The second-order valence-corrected chi connectivity index (χ2v) is 8.14. The fourth-order valence-corrected chi connectivity index (χ4v) is 4.16. The lowest BCUT2D eigenvalue weighted by Crippen LogP contribution is -2.50. The first-order valence-corrected chi connectivity index (χ1v) is 10.3. The summed E-state index contributed by atoms with van der Waals surface area (Å²) in [6.07, 6.45) is 8.32. The van der Waals surface area contributed by atoms with Crippen LogP contribution in [0.3, 0.4) is 0 Å². The van der Waals surface area contributed by atoms with Crippen LogP contribution in [0.4, 0.5) is 0 Å². The summed E-state index contributed by atoms with van der Waals surface area (Å²) < 4.78 is 0.970. The predicted molar refractivity (Wildman–Crippen MR) is 102 cm³/mol. The molecule has 1 aromatic carbocycles. The quantitative estimate of drug-likeness (QED) is 0.754. The van der Waals surface area contributed by atoms with Gasteiger partial charge in [-0.3, -0.25) is 9.59 Å². The monoisotopic (exact) mass is 406 g/mol. The van der Waals surface area contributed by atoms with E-state index in [0.29, 0.717) is 38.2 Å². The number of benzene rings is 1. The van der Waals surface area contributed by atoms with Gasteiger partial charge in [0.05, 0.1) is 0 Å². The summed E-state index contributed by atoms with van der Waals surface area (Å²) in [5, 5.41) is 0. The molecule has 0 unspecified atom stereocenters. The number of hydrogen-bond acceptors (Lipinski definition) is 2. The molecular weight excluding hydrogens is 380 g/mol. The lowest BCUT2D eigenvalue weighted by molar-refractivity contribution is -0.133. The highest BCUT2D eigenvalue weighted by molar-refractivity contribution is 9.10. The minimum absolute atomic E-state index is 0.0572. The number of halogens is 1. The smallest absolute Gasteiger partial charge is 0.253 e. The molecule has 5 heteroatoms. The average molecular weight is 407 g/mol. The Kier molecular flexibility index (Phi) is 6.51. The Morgan fingerprint density at radius 2 is 1.52 bits per heavy atom. The molecule has 1 saturated heterocycles. The summed E-state index contributed by atoms with van der Waals surface area (Å²) >= 11 is 3.39. The van der Waals surface area contributed by atoms with Crippen LogP contribution in [0.2, 0.25) is 0 Å². The van der Waals surface area contributed by atoms with Gasteiger partial charge in [0.2, 0.25) is 5.91 Å². The third-order valence-electron chi connectivity index (χ3n) is 5.50. The molecule has 2 amide bonds. The van der Waals surface area contributed by atoms with E-state index in [9.17, 15) is 9.59 Å². The minimum Gasteiger partial charge on any atom is -0.339 e. The second kappa shape index (κ2) is 8.84. The van der Waals surface area contributed by atoms with E-state index in [0.717, 1.165) is 16.8 Å². The van der Waals surface area contributed by atoms with Crippen LogP contribution in [0.5, 0.6) is 0 Å². The Morgan fingerprint density at radius 1 is 0.920 bits per heavy atom. The number of hydrogen-bond donors (Lipinski definition) is 0. The van der Waals surface area contributed by atoms with Gasteiger partial charge in [0, 0.05) is 42.6 Å². The summed E-state index contributed by atoms with van der Waals surface area (Å²) in [5.41, 5.74) is 0.709. The van der Waals surface area contributed by atoms with E-state index in [2.05, 4.69) is 15.9 Å². The van der Waals surface area contributed by atoms with Crippen molar-refractivity contribution in [2.45, 2.75) is 44.9 Å². The van der Waals surface area contributed by atoms with E-state index >= 15 is 0 Å². The summed E-state index contributed by atoms with van der Waals surface area (Å²) in [4.78, 5) is 28.8. The molecule has 0 radical (unpaired) electrons. The van der Waals surface area contributed by atoms with Gasteiger partial charge in [0.15, 0.2) is 0 Å². The van der Waals surface area contributed by atoms with E-state index in [4.69, 9.17) is 0 Å². The highest BCUT2D eigenvalue weighted by atomic mass is 79.9. The Balaban J connectivity index is 1.43. The molecular formula is C20H27BrN2O2. The van der Waals surface area contributed by atoms with Gasteiger partial charge in [-0.2, -0.15) is 0 Å². The maximum absolute atomic E-state index is 12.5. The molecule has 0 bridgehead atoms. The first-order valence-electron chi connectivity index (χ1n) is 9.46. The molecule has 1 aliphatic heterocycles. The van der Waals surface area contributed by atoms with Crippen molar-refractivity contribution in [3.05, 3.63) is 34.3 Å². The van der Waals surface area contributed by atoms with Crippen LogP contribution >= 0.6 is 15.9 Å². The number of amides is 2. The molecule has 2 fully saturated rings. The van der Waals surface area contributed by atoms with Crippen LogP contribution in [0, 0.1) is 5.92 Å². The first kappa shape index (κ1) is 18.4. The average Bonchev–Trinajstić information content (AvgIpc) is 2.67. The predicted octanol–water partition coefficient (Wildman–Crippen LogP) is 4.09. The van der Waals surface area contributed by atoms with Gasteiger partial charge in [-0.15, -0.1) is 0 Å². The molecule has 0 atom stereocenters. The van der Waals surface area contributed by atoms with Crippen molar-refractivity contribution in [3.8, 4) is 0 Å². The van der Waals surface area contributed by atoms with E-state index in [1.807, 2.05) is 34.1 Å². The number of piperazine rings is 1. The molecule has 136 valence electrons. The highest BCUT2D eigenvalue weighted by Gasteiger charge is 2.25. The summed E-state index contributed by atoms with van der Waals surface area (Å²) in [7, 11) is 0. The second-order valence-electron chi connectivity index (χ2n) is 7.22. The van der Waals surface area contributed by atoms with Crippen LogP contribution in [0.15, 0.2) is 28.7 Å². The molecule has 0 N–H and O–H groups in total. The fourth-order valence-electron chi connectivity index (χ4n) is 3.90. The number of carbonyl (C=O) groups excluding carboxylic acids is 2. The van der Waals surface area contributed by atoms with Gasteiger partial charge in [-0.25, -0.2) is 0 Å². The molecule has 3 rings (SSSR count). The molecule has 1 aromatic rings. The Morgan fingerprint density at radius 3 is 2.16 bits per heavy atom. The molecule has 1 heterocycles. The van der Waals surface area contributed by atoms with Gasteiger partial charge in [0.25, 0.3) is 5.91 Å². The van der Waals surface area contributed by atoms with E-state index in [1.54, 1.807) is 0 Å². The molecule has 1 saturated carbocycles. The summed E-state index contributed by atoms with van der Waals surface area (Å²) in [6, 6.07) is 7.46. The van der Waals surface area contributed by atoms with E-state index < -0.39 is 0 Å². The van der Waals surface area contributed by atoms with Crippen molar-refractivity contribution in [3.63, 3.8) is 0 Å². The van der Waals surface area contributed by atoms with Gasteiger partial charge < -0.3 is 9.80 Å². The minimum atomic E-state index is 0.0572. The molecule has 25 heavy (non-hydrogen) atoms. The van der Waals surface area contributed by atoms with Gasteiger partial charge >= 0.3 is 0 Å². The van der Waals surface area contributed by atoms with E-state index in [-0.39, 0.29) is 11.8 Å². The Labute approximate surface area is 158 Å². The van der Waals surface area contributed by atoms with E-state index in [1.165, 1.54) is 32.1 Å². The lowest BCUT2D eigenvalue weighted by atomic mass is 9.86. The van der Waals surface area contributed by atoms with Crippen molar-refractivity contribution >= 4 is 27.7 Å².